The maximum Gasteiger partial charge on any atom is 0.255 e. The van der Waals surface area contributed by atoms with Crippen molar-refractivity contribution in [3.8, 4) is 0 Å². The molecule has 0 spiro atoms. The molecule has 0 saturated carbocycles. The molecular weight excluding hydrogens is 457 g/mol. The van der Waals surface area contributed by atoms with E-state index in [2.05, 4.69) is 5.32 Å². The van der Waals surface area contributed by atoms with Crippen LogP contribution in [0.2, 0.25) is 5.02 Å². The van der Waals surface area contributed by atoms with E-state index in [4.69, 9.17) is 17.3 Å². The van der Waals surface area contributed by atoms with Gasteiger partial charge in [0.1, 0.15) is 11.9 Å². The number of carbonyl (C=O) groups excluding carboxylic acids is 3. The Bertz CT molecular complexity index is 1260. The quantitative estimate of drug-likeness (QED) is 0.532. The molecule has 6 nitrogen and oxygen atoms in total. The molecule has 0 saturated heterocycles. The number of rotatable bonds is 7. The molecule has 0 fully saturated rings. The molecule has 3 aromatic carbocycles. The molecule has 4 rings (SSSR count). The summed E-state index contributed by atoms with van der Waals surface area (Å²) in [5, 5.41) is 3.44. The Morgan fingerprint density at radius 2 is 1.82 bits per heavy atom. The summed E-state index contributed by atoms with van der Waals surface area (Å²) < 4.78 is 13.8. The number of benzene rings is 3. The summed E-state index contributed by atoms with van der Waals surface area (Å²) in [7, 11) is 0. The van der Waals surface area contributed by atoms with E-state index in [1.807, 2.05) is 19.1 Å². The molecule has 1 heterocycles. The van der Waals surface area contributed by atoms with Gasteiger partial charge in [-0.1, -0.05) is 54.9 Å². The number of hydrogen-bond donors (Lipinski definition) is 2. The maximum absolute atomic E-state index is 13.8. The fourth-order valence-corrected chi connectivity index (χ4v) is 4.32. The van der Waals surface area contributed by atoms with E-state index in [0.29, 0.717) is 28.3 Å². The lowest BCUT2D eigenvalue weighted by molar-refractivity contribution is -0.125. The second-order valence-corrected chi connectivity index (χ2v) is 8.73. The van der Waals surface area contributed by atoms with E-state index < -0.39 is 17.8 Å². The van der Waals surface area contributed by atoms with Crippen molar-refractivity contribution in [2.24, 2.45) is 5.73 Å². The lowest BCUT2D eigenvalue weighted by Crippen LogP contribution is -2.40. The van der Waals surface area contributed by atoms with Crippen LogP contribution in [0.15, 0.2) is 66.7 Å². The monoisotopic (exact) mass is 479 g/mol. The third-order valence-electron chi connectivity index (χ3n) is 5.98. The van der Waals surface area contributed by atoms with Crippen molar-refractivity contribution in [2.75, 3.05) is 6.54 Å². The molecule has 34 heavy (non-hydrogen) atoms. The molecule has 3 amide bonds. The van der Waals surface area contributed by atoms with Crippen molar-refractivity contribution in [3.63, 3.8) is 0 Å². The maximum atomic E-state index is 13.8. The van der Waals surface area contributed by atoms with Crippen molar-refractivity contribution in [2.45, 2.75) is 25.4 Å². The molecule has 1 aliphatic heterocycles. The van der Waals surface area contributed by atoms with Crippen LogP contribution in [0.3, 0.4) is 0 Å². The van der Waals surface area contributed by atoms with Gasteiger partial charge in [0.25, 0.3) is 11.8 Å². The first-order chi connectivity index (χ1) is 16.3. The molecule has 3 aromatic rings. The number of halogens is 2. The van der Waals surface area contributed by atoms with Gasteiger partial charge in [0.15, 0.2) is 0 Å². The van der Waals surface area contributed by atoms with Crippen LogP contribution in [-0.4, -0.2) is 29.2 Å². The molecule has 2 unspecified atom stereocenters. The first-order valence-electron chi connectivity index (χ1n) is 10.8. The third-order valence-corrected chi connectivity index (χ3v) is 6.23. The molecule has 8 heteroatoms. The van der Waals surface area contributed by atoms with Gasteiger partial charge in [0.2, 0.25) is 5.91 Å². The van der Waals surface area contributed by atoms with Crippen LogP contribution in [0.25, 0.3) is 0 Å². The SMILES string of the molecule is CC(CN1C(=O)c2ccccc2C1C(=O)NCc1ccc(F)c(C(N)=O)c1)c1ccc(Cl)cc1. The second-order valence-electron chi connectivity index (χ2n) is 8.30. The standard InChI is InChI=1S/C26H23ClFN3O3/c1-15(17-7-9-18(27)10-8-17)14-31-23(19-4-2-3-5-20(19)26(31)34)25(33)30-13-16-6-11-22(28)21(12-16)24(29)32/h2-12,15,23H,13-14H2,1H3,(H2,29,32)(H,30,33). The van der Waals surface area contributed by atoms with Gasteiger partial charge in [-0.2, -0.15) is 0 Å². The Kier molecular flexibility index (Phi) is 6.65. The first kappa shape index (κ1) is 23.4. The second kappa shape index (κ2) is 9.65. The van der Waals surface area contributed by atoms with Gasteiger partial charge in [0, 0.05) is 23.7 Å². The van der Waals surface area contributed by atoms with Gasteiger partial charge in [0.05, 0.1) is 5.56 Å². The summed E-state index contributed by atoms with van der Waals surface area (Å²) in [5.41, 5.74) is 7.60. The Labute approximate surface area is 201 Å². The van der Waals surface area contributed by atoms with Crippen LogP contribution in [-0.2, 0) is 11.3 Å². The normalized spacial score (nSPS) is 15.7. The number of nitrogens with two attached hydrogens (primary N) is 1. The minimum atomic E-state index is -0.886. The molecule has 2 atom stereocenters. The number of nitrogens with one attached hydrogen (secondary N) is 1. The number of amides is 3. The number of fused-ring (bicyclic) bond motifs is 1. The summed E-state index contributed by atoms with van der Waals surface area (Å²) in [6.07, 6.45) is 0. The Hall–Kier alpha value is -3.71. The lowest BCUT2D eigenvalue weighted by atomic mass is 9.99. The molecular formula is C26H23ClFN3O3. The smallest absolute Gasteiger partial charge is 0.255 e. The minimum Gasteiger partial charge on any atom is -0.366 e. The Morgan fingerprint density at radius 3 is 2.53 bits per heavy atom. The first-order valence-corrected chi connectivity index (χ1v) is 11.2. The molecule has 3 N–H and O–H groups in total. The van der Waals surface area contributed by atoms with Crippen LogP contribution in [0.5, 0.6) is 0 Å². The van der Waals surface area contributed by atoms with Crippen molar-refractivity contribution >= 4 is 29.3 Å². The highest BCUT2D eigenvalue weighted by Crippen LogP contribution is 2.35. The van der Waals surface area contributed by atoms with Crippen molar-refractivity contribution in [1.82, 2.24) is 10.2 Å². The highest BCUT2D eigenvalue weighted by Gasteiger charge is 2.41. The fraction of sp³-hybridized carbons (Fsp3) is 0.192. The predicted molar refractivity (Wildman–Crippen MR) is 127 cm³/mol. The minimum absolute atomic E-state index is 0.0407. The van der Waals surface area contributed by atoms with Gasteiger partial charge in [-0.15, -0.1) is 0 Å². The van der Waals surface area contributed by atoms with Crippen LogP contribution >= 0.6 is 11.6 Å². The van der Waals surface area contributed by atoms with Gasteiger partial charge in [-0.05, 0) is 52.9 Å². The summed E-state index contributed by atoms with van der Waals surface area (Å²) in [6, 6.07) is 17.5. The lowest BCUT2D eigenvalue weighted by Gasteiger charge is -2.27. The summed E-state index contributed by atoms with van der Waals surface area (Å²) in [6.45, 7) is 2.36. The number of primary amides is 1. The van der Waals surface area contributed by atoms with Crippen LogP contribution in [0, 0.1) is 5.82 Å². The highest BCUT2D eigenvalue weighted by atomic mass is 35.5. The average Bonchev–Trinajstić information content (AvgIpc) is 3.10. The third kappa shape index (κ3) is 4.65. The Morgan fingerprint density at radius 1 is 1.12 bits per heavy atom. The number of hydrogen-bond acceptors (Lipinski definition) is 3. The highest BCUT2D eigenvalue weighted by molar-refractivity contribution is 6.30. The van der Waals surface area contributed by atoms with Gasteiger partial charge in [-0.3, -0.25) is 14.4 Å². The molecule has 0 aliphatic carbocycles. The predicted octanol–water partition coefficient (Wildman–Crippen LogP) is 4.20. The van der Waals surface area contributed by atoms with E-state index >= 15 is 0 Å². The summed E-state index contributed by atoms with van der Waals surface area (Å²) in [5.74, 6) is -2.23. The van der Waals surface area contributed by atoms with Gasteiger partial charge in [-0.25, -0.2) is 4.39 Å². The zero-order valence-corrected chi connectivity index (χ0v) is 19.2. The van der Waals surface area contributed by atoms with E-state index in [-0.39, 0.29) is 29.8 Å². The fourth-order valence-electron chi connectivity index (χ4n) is 4.19. The average molecular weight is 480 g/mol. The van der Waals surface area contributed by atoms with Crippen molar-refractivity contribution < 1.29 is 18.8 Å². The van der Waals surface area contributed by atoms with E-state index in [1.165, 1.54) is 12.1 Å². The topological polar surface area (TPSA) is 92.5 Å². The number of carbonyl (C=O) groups is 3. The molecule has 1 aliphatic rings. The summed E-state index contributed by atoms with van der Waals surface area (Å²) >= 11 is 5.99. The molecule has 0 bridgehead atoms. The van der Waals surface area contributed by atoms with Crippen molar-refractivity contribution in [1.29, 1.82) is 0 Å². The summed E-state index contributed by atoms with van der Waals surface area (Å²) in [4.78, 5) is 39.5. The van der Waals surface area contributed by atoms with Crippen molar-refractivity contribution in [3.05, 3.63) is 105 Å². The van der Waals surface area contributed by atoms with Crippen LogP contribution in [0.1, 0.15) is 56.3 Å². The van der Waals surface area contributed by atoms with Gasteiger partial charge < -0.3 is 16.0 Å². The molecule has 174 valence electrons. The van der Waals surface area contributed by atoms with E-state index in [9.17, 15) is 18.8 Å². The van der Waals surface area contributed by atoms with Gasteiger partial charge >= 0.3 is 0 Å². The zero-order chi connectivity index (χ0) is 24.4. The van der Waals surface area contributed by atoms with E-state index in [0.717, 1.165) is 11.6 Å². The largest absolute Gasteiger partial charge is 0.366 e. The van der Waals surface area contributed by atoms with Crippen LogP contribution < -0.4 is 11.1 Å². The molecule has 0 aromatic heterocycles. The van der Waals surface area contributed by atoms with E-state index in [1.54, 1.807) is 41.3 Å². The number of nitrogens with zero attached hydrogens (tertiary/aromatic N) is 1. The van der Waals surface area contributed by atoms with Crippen LogP contribution in [0.4, 0.5) is 4.39 Å². The molecule has 0 radical (unpaired) electrons. The Balaban J connectivity index is 1.56. The zero-order valence-electron chi connectivity index (χ0n) is 18.4.